The van der Waals surface area contributed by atoms with E-state index in [2.05, 4.69) is 12.6 Å². The van der Waals surface area contributed by atoms with Crippen molar-refractivity contribution in [1.82, 2.24) is 0 Å². The molecule has 2 N–H and O–H groups in total. The largest absolute Gasteiger partial charge is 0.387 e. The number of rotatable bonds is 5. The van der Waals surface area contributed by atoms with Crippen LogP contribution in [0.2, 0.25) is 0 Å². The van der Waals surface area contributed by atoms with Gasteiger partial charge in [-0.25, -0.2) is 0 Å². The van der Waals surface area contributed by atoms with Gasteiger partial charge in [0.1, 0.15) is 18.3 Å². The molecule has 0 spiro atoms. The third-order valence-electron chi connectivity index (χ3n) is 2.63. The number of aliphatic hydroxyl groups is 2. The van der Waals surface area contributed by atoms with Crippen molar-refractivity contribution in [3.8, 4) is 0 Å². The van der Waals surface area contributed by atoms with Crippen molar-refractivity contribution >= 4 is 12.6 Å². The van der Waals surface area contributed by atoms with Gasteiger partial charge < -0.3 is 24.4 Å². The third kappa shape index (κ3) is 3.32. The van der Waals surface area contributed by atoms with Crippen molar-refractivity contribution in [2.45, 2.75) is 44.1 Å². The zero-order valence-electron chi connectivity index (χ0n) is 9.57. The maximum atomic E-state index is 9.78. The topological polar surface area (TPSA) is 68.2 Å². The molecule has 1 aliphatic rings. The first-order chi connectivity index (χ1) is 7.61. The molecule has 0 amide bonds. The van der Waals surface area contributed by atoms with Crippen LogP contribution in [-0.2, 0) is 14.2 Å². The van der Waals surface area contributed by atoms with Crippen molar-refractivity contribution in [1.29, 1.82) is 0 Å². The fourth-order valence-electron chi connectivity index (χ4n) is 1.74. The van der Waals surface area contributed by atoms with Crippen molar-refractivity contribution in [3.05, 3.63) is 0 Å². The minimum Gasteiger partial charge on any atom is -0.387 e. The van der Waals surface area contributed by atoms with E-state index in [1.54, 1.807) is 6.92 Å². The molecule has 1 fully saturated rings. The van der Waals surface area contributed by atoms with Gasteiger partial charge in [0.15, 0.2) is 6.29 Å². The van der Waals surface area contributed by atoms with Gasteiger partial charge in [0.2, 0.25) is 0 Å². The maximum Gasteiger partial charge on any atom is 0.186 e. The first-order valence-electron chi connectivity index (χ1n) is 5.38. The first kappa shape index (κ1) is 14.2. The van der Waals surface area contributed by atoms with Gasteiger partial charge in [-0.3, -0.25) is 0 Å². The Morgan fingerprint density at radius 2 is 2.00 bits per heavy atom. The molecule has 1 heterocycles. The van der Waals surface area contributed by atoms with Crippen LogP contribution >= 0.6 is 12.6 Å². The van der Waals surface area contributed by atoms with E-state index in [0.717, 1.165) is 6.42 Å². The molecule has 0 aromatic carbocycles. The molecular weight excluding hydrogens is 232 g/mol. The Bertz CT molecular complexity index is 204. The minimum absolute atomic E-state index is 0.315. The van der Waals surface area contributed by atoms with Crippen LogP contribution in [0.4, 0.5) is 0 Å². The van der Waals surface area contributed by atoms with Gasteiger partial charge >= 0.3 is 0 Å². The van der Waals surface area contributed by atoms with E-state index >= 15 is 0 Å². The van der Waals surface area contributed by atoms with Crippen LogP contribution in [0.25, 0.3) is 0 Å². The van der Waals surface area contributed by atoms with Gasteiger partial charge in [0, 0.05) is 7.11 Å². The van der Waals surface area contributed by atoms with Gasteiger partial charge in [-0.15, -0.1) is 0 Å². The van der Waals surface area contributed by atoms with Crippen LogP contribution in [0.3, 0.4) is 0 Å². The predicted octanol–water partition coefficient (Wildman–Crippen LogP) is -0.195. The zero-order chi connectivity index (χ0) is 12.1. The van der Waals surface area contributed by atoms with Crippen LogP contribution in [0.15, 0.2) is 0 Å². The highest BCUT2D eigenvalue weighted by Gasteiger charge is 2.43. The van der Waals surface area contributed by atoms with Crippen molar-refractivity contribution in [2.75, 3.05) is 19.5 Å². The van der Waals surface area contributed by atoms with Crippen LogP contribution in [0.5, 0.6) is 0 Å². The molecule has 0 aromatic heterocycles. The Balaban J connectivity index is 2.48. The third-order valence-corrected chi connectivity index (χ3v) is 2.95. The summed E-state index contributed by atoms with van der Waals surface area (Å²) in [5.74, 6) is 0.710. The molecule has 0 saturated carbocycles. The van der Waals surface area contributed by atoms with Crippen molar-refractivity contribution < 1.29 is 24.4 Å². The molecule has 1 rings (SSSR count). The van der Waals surface area contributed by atoms with Crippen LogP contribution in [-0.4, -0.2) is 60.4 Å². The quantitative estimate of drug-likeness (QED) is 0.467. The molecule has 1 saturated heterocycles. The summed E-state index contributed by atoms with van der Waals surface area (Å²) in [6.45, 7) is 2.22. The molecule has 0 radical (unpaired) electrons. The normalized spacial score (nSPS) is 39.9. The lowest BCUT2D eigenvalue weighted by Crippen LogP contribution is -2.58. The van der Waals surface area contributed by atoms with E-state index in [9.17, 15) is 10.2 Å². The number of methoxy groups -OCH3 is 1. The standard InChI is InChI=1S/C10H20O5S/c1-6-9(13-2)7(11)8(12)10(15-6)14-4-3-5-16/h6-12,16H,3-5H2,1-2H3/t6?,7?,8?,9-,10-/m1/s1. The minimum atomic E-state index is -1.08. The maximum absolute atomic E-state index is 9.78. The summed E-state index contributed by atoms with van der Waals surface area (Å²) in [4.78, 5) is 0. The average molecular weight is 252 g/mol. The fourth-order valence-corrected chi connectivity index (χ4v) is 1.86. The van der Waals surface area contributed by atoms with E-state index in [0.29, 0.717) is 12.4 Å². The zero-order valence-corrected chi connectivity index (χ0v) is 10.5. The number of hydrogen-bond donors (Lipinski definition) is 3. The average Bonchev–Trinajstić information content (AvgIpc) is 2.26. The lowest BCUT2D eigenvalue weighted by atomic mass is 10.00. The molecule has 5 atom stereocenters. The molecular formula is C10H20O5S. The molecule has 96 valence electrons. The van der Waals surface area contributed by atoms with E-state index in [1.807, 2.05) is 0 Å². The van der Waals surface area contributed by atoms with Crippen molar-refractivity contribution in [3.63, 3.8) is 0 Å². The second-order valence-corrected chi connectivity index (χ2v) is 4.29. The number of ether oxygens (including phenoxy) is 3. The molecule has 16 heavy (non-hydrogen) atoms. The Morgan fingerprint density at radius 1 is 1.31 bits per heavy atom. The monoisotopic (exact) mass is 252 g/mol. The van der Waals surface area contributed by atoms with Gasteiger partial charge in [-0.1, -0.05) is 0 Å². The molecule has 5 nitrogen and oxygen atoms in total. The van der Waals surface area contributed by atoms with Gasteiger partial charge in [-0.05, 0) is 19.1 Å². The predicted molar refractivity (Wildman–Crippen MR) is 61.6 cm³/mol. The van der Waals surface area contributed by atoms with Gasteiger partial charge in [0.05, 0.1) is 12.7 Å². The van der Waals surface area contributed by atoms with Gasteiger partial charge in [0.25, 0.3) is 0 Å². The van der Waals surface area contributed by atoms with Crippen LogP contribution < -0.4 is 0 Å². The SMILES string of the molecule is CO[C@@H]1C(C)O[C@@H](OCCCS)C(O)C1O. The van der Waals surface area contributed by atoms with E-state index in [4.69, 9.17) is 14.2 Å². The summed E-state index contributed by atoms with van der Waals surface area (Å²) >= 11 is 4.05. The molecule has 0 aliphatic carbocycles. The summed E-state index contributed by atoms with van der Waals surface area (Å²) in [7, 11) is 1.47. The lowest BCUT2D eigenvalue weighted by molar-refractivity contribution is -0.296. The van der Waals surface area contributed by atoms with E-state index in [-0.39, 0.29) is 6.10 Å². The second kappa shape index (κ2) is 6.78. The fraction of sp³-hybridized carbons (Fsp3) is 1.00. The highest BCUT2D eigenvalue weighted by molar-refractivity contribution is 7.80. The molecule has 0 bridgehead atoms. The number of thiol groups is 1. The summed E-state index contributed by atoms with van der Waals surface area (Å²) in [5.41, 5.74) is 0. The highest BCUT2D eigenvalue weighted by atomic mass is 32.1. The second-order valence-electron chi connectivity index (χ2n) is 3.84. The molecule has 1 aliphatic heterocycles. The Hall–Kier alpha value is 0.150. The first-order valence-corrected chi connectivity index (χ1v) is 6.02. The number of aliphatic hydroxyl groups excluding tert-OH is 2. The molecule has 3 unspecified atom stereocenters. The Labute approximate surface area is 101 Å². The van der Waals surface area contributed by atoms with Crippen LogP contribution in [0.1, 0.15) is 13.3 Å². The van der Waals surface area contributed by atoms with Crippen LogP contribution in [0, 0.1) is 0 Å². The summed E-state index contributed by atoms with van der Waals surface area (Å²) < 4.78 is 15.8. The smallest absolute Gasteiger partial charge is 0.186 e. The summed E-state index contributed by atoms with van der Waals surface area (Å²) in [6, 6.07) is 0. The van der Waals surface area contributed by atoms with Gasteiger partial charge in [-0.2, -0.15) is 12.6 Å². The van der Waals surface area contributed by atoms with Crippen molar-refractivity contribution in [2.24, 2.45) is 0 Å². The molecule has 0 aromatic rings. The van der Waals surface area contributed by atoms with E-state index in [1.165, 1.54) is 7.11 Å². The Kier molecular flexibility index (Phi) is 6.02. The van der Waals surface area contributed by atoms with E-state index < -0.39 is 24.6 Å². The summed E-state index contributed by atoms with van der Waals surface area (Å²) in [6.07, 6.45) is -2.94. The number of hydrogen-bond acceptors (Lipinski definition) is 6. The summed E-state index contributed by atoms with van der Waals surface area (Å²) in [5, 5.41) is 19.5. The lowest BCUT2D eigenvalue weighted by Gasteiger charge is -2.40. The Morgan fingerprint density at radius 3 is 2.56 bits per heavy atom. The highest BCUT2D eigenvalue weighted by Crippen LogP contribution is 2.23. The molecule has 6 heteroatoms.